The summed E-state index contributed by atoms with van der Waals surface area (Å²) >= 11 is 0. The van der Waals surface area contributed by atoms with Crippen molar-refractivity contribution >= 4 is 5.91 Å². The van der Waals surface area contributed by atoms with Gasteiger partial charge in [0.2, 0.25) is 5.91 Å². The molecule has 0 fully saturated rings. The van der Waals surface area contributed by atoms with E-state index in [4.69, 9.17) is 0 Å². The van der Waals surface area contributed by atoms with Crippen LogP contribution in [-0.4, -0.2) is 13.0 Å². The Kier molecular flexibility index (Phi) is 11.6. The maximum absolute atomic E-state index is 11.2. The highest BCUT2D eigenvalue weighted by molar-refractivity contribution is 5.75. The fourth-order valence-electron chi connectivity index (χ4n) is 2.29. The van der Waals surface area contributed by atoms with E-state index in [2.05, 4.69) is 19.2 Å². The number of nitrogens with one attached hydrogen (secondary N) is 1. The minimum Gasteiger partial charge on any atom is -0.359 e. The Morgan fingerprint density at radius 1 is 0.941 bits per heavy atom. The smallest absolute Gasteiger partial charge is 0.219 e. The van der Waals surface area contributed by atoms with Gasteiger partial charge < -0.3 is 5.32 Å². The Hall–Kier alpha value is -0.530. The van der Waals surface area contributed by atoms with Crippen molar-refractivity contribution < 1.29 is 4.79 Å². The zero-order chi connectivity index (χ0) is 12.9. The van der Waals surface area contributed by atoms with Gasteiger partial charge in [-0.15, -0.1) is 0 Å². The van der Waals surface area contributed by atoms with E-state index < -0.39 is 0 Å². The molecule has 0 heterocycles. The maximum Gasteiger partial charge on any atom is 0.219 e. The summed E-state index contributed by atoms with van der Waals surface area (Å²) in [6, 6.07) is 0. The molecule has 0 aliphatic heterocycles. The Labute approximate surface area is 108 Å². The van der Waals surface area contributed by atoms with Gasteiger partial charge in [0.15, 0.2) is 0 Å². The second kappa shape index (κ2) is 11.9. The Bertz CT molecular complexity index is 180. The third-order valence-corrected chi connectivity index (χ3v) is 3.48. The molecule has 1 amide bonds. The standard InChI is InChI=1S/C15H31NO/c1-4-6-8-11-14(10-7-5-2)12-9-13-15(17)16-3/h14H,4-13H2,1-3H3,(H,16,17). The lowest BCUT2D eigenvalue weighted by Gasteiger charge is -2.16. The molecule has 0 rings (SSSR count). The van der Waals surface area contributed by atoms with Crippen LogP contribution < -0.4 is 5.32 Å². The van der Waals surface area contributed by atoms with E-state index in [0.29, 0.717) is 6.42 Å². The Balaban J connectivity index is 3.71. The molecule has 0 saturated carbocycles. The number of hydrogen-bond acceptors (Lipinski definition) is 1. The first kappa shape index (κ1) is 16.5. The molecular weight excluding hydrogens is 210 g/mol. The van der Waals surface area contributed by atoms with Crippen LogP contribution in [0.2, 0.25) is 0 Å². The lowest BCUT2D eigenvalue weighted by atomic mass is 9.90. The van der Waals surface area contributed by atoms with Crippen molar-refractivity contribution in [3.05, 3.63) is 0 Å². The molecular formula is C15H31NO. The molecule has 0 bridgehead atoms. The van der Waals surface area contributed by atoms with Gasteiger partial charge in [-0.05, 0) is 18.8 Å². The van der Waals surface area contributed by atoms with Gasteiger partial charge in [0, 0.05) is 13.5 Å². The molecule has 102 valence electrons. The predicted molar refractivity (Wildman–Crippen MR) is 75.1 cm³/mol. The van der Waals surface area contributed by atoms with Crippen LogP contribution in [0.3, 0.4) is 0 Å². The maximum atomic E-state index is 11.2. The largest absolute Gasteiger partial charge is 0.359 e. The van der Waals surface area contributed by atoms with Crippen molar-refractivity contribution in [3.8, 4) is 0 Å². The number of hydrogen-bond donors (Lipinski definition) is 1. The Morgan fingerprint density at radius 3 is 2.12 bits per heavy atom. The van der Waals surface area contributed by atoms with Crippen molar-refractivity contribution in [2.24, 2.45) is 5.92 Å². The summed E-state index contributed by atoms with van der Waals surface area (Å²) in [4.78, 5) is 11.2. The monoisotopic (exact) mass is 241 g/mol. The molecule has 2 nitrogen and oxygen atoms in total. The quantitative estimate of drug-likeness (QED) is 0.537. The first-order chi connectivity index (χ1) is 8.24. The number of rotatable bonds is 11. The zero-order valence-electron chi connectivity index (χ0n) is 12.1. The average Bonchev–Trinajstić information content (AvgIpc) is 2.35. The van der Waals surface area contributed by atoms with Crippen molar-refractivity contribution in [3.63, 3.8) is 0 Å². The molecule has 0 aromatic heterocycles. The van der Waals surface area contributed by atoms with Crippen LogP contribution in [0.5, 0.6) is 0 Å². The van der Waals surface area contributed by atoms with E-state index in [9.17, 15) is 4.79 Å². The normalized spacial score (nSPS) is 12.4. The first-order valence-electron chi connectivity index (χ1n) is 7.45. The van der Waals surface area contributed by atoms with Crippen LogP contribution in [-0.2, 0) is 4.79 Å². The van der Waals surface area contributed by atoms with Gasteiger partial charge in [0.1, 0.15) is 0 Å². The van der Waals surface area contributed by atoms with Crippen molar-refractivity contribution in [2.75, 3.05) is 7.05 Å². The van der Waals surface area contributed by atoms with E-state index >= 15 is 0 Å². The van der Waals surface area contributed by atoms with Gasteiger partial charge in [0.05, 0.1) is 0 Å². The van der Waals surface area contributed by atoms with Crippen LogP contribution in [0.4, 0.5) is 0 Å². The van der Waals surface area contributed by atoms with Gasteiger partial charge in [-0.2, -0.15) is 0 Å². The molecule has 2 heteroatoms. The lowest BCUT2D eigenvalue weighted by Crippen LogP contribution is -2.17. The molecule has 0 aliphatic carbocycles. The van der Waals surface area contributed by atoms with Crippen LogP contribution in [0, 0.1) is 5.92 Å². The number of carbonyl (C=O) groups is 1. The third kappa shape index (κ3) is 10.3. The molecule has 0 aromatic carbocycles. The summed E-state index contributed by atoms with van der Waals surface area (Å²) in [5.74, 6) is 1.04. The highest BCUT2D eigenvalue weighted by atomic mass is 16.1. The first-order valence-corrected chi connectivity index (χ1v) is 7.45. The Morgan fingerprint density at radius 2 is 1.53 bits per heavy atom. The summed E-state index contributed by atoms with van der Waals surface area (Å²) in [5, 5.41) is 2.70. The van der Waals surface area contributed by atoms with Gasteiger partial charge in [-0.25, -0.2) is 0 Å². The van der Waals surface area contributed by atoms with E-state index in [1.807, 2.05) is 0 Å². The van der Waals surface area contributed by atoms with E-state index in [1.165, 1.54) is 51.4 Å². The van der Waals surface area contributed by atoms with E-state index in [-0.39, 0.29) is 5.91 Å². The van der Waals surface area contributed by atoms with Crippen molar-refractivity contribution in [2.45, 2.75) is 78.1 Å². The SMILES string of the molecule is CCCCCC(CCCC)CCCC(=O)NC. The minimum atomic E-state index is 0.188. The van der Waals surface area contributed by atoms with Crippen LogP contribution in [0.15, 0.2) is 0 Å². The lowest BCUT2D eigenvalue weighted by molar-refractivity contribution is -0.120. The fraction of sp³-hybridized carbons (Fsp3) is 0.933. The van der Waals surface area contributed by atoms with Gasteiger partial charge in [-0.1, -0.05) is 58.8 Å². The topological polar surface area (TPSA) is 29.1 Å². The van der Waals surface area contributed by atoms with Crippen molar-refractivity contribution in [1.29, 1.82) is 0 Å². The summed E-state index contributed by atoms with van der Waals surface area (Å²) in [6.07, 6.45) is 12.4. The van der Waals surface area contributed by atoms with E-state index in [0.717, 1.165) is 12.3 Å². The zero-order valence-corrected chi connectivity index (χ0v) is 12.1. The molecule has 1 N–H and O–H groups in total. The molecule has 0 saturated heterocycles. The van der Waals surface area contributed by atoms with E-state index in [1.54, 1.807) is 7.05 Å². The van der Waals surface area contributed by atoms with Gasteiger partial charge in [-0.3, -0.25) is 4.79 Å². The van der Waals surface area contributed by atoms with Crippen LogP contribution in [0.1, 0.15) is 78.1 Å². The molecule has 0 radical (unpaired) electrons. The number of carbonyl (C=O) groups excluding carboxylic acids is 1. The fourth-order valence-corrected chi connectivity index (χ4v) is 2.29. The minimum absolute atomic E-state index is 0.188. The summed E-state index contributed by atoms with van der Waals surface area (Å²) < 4.78 is 0. The van der Waals surface area contributed by atoms with Crippen LogP contribution in [0.25, 0.3) is 0 Å². The highest BCUT2D eigenvalue weighted by Crippen LogP contribution is 2.22. The van der Waals surface area contributed by atoms with Gasteiger partial charge in [0.25, 0.3) is 0 Å². The summed E-state index contributed by atoms with van der Waals surface area (Å²) in [7, 11) is 1.72. The second-order valence-electron chi connectivity index (χ2n) is 5.07. The summed E-state index contributed by atoms with van der Waals surface area (Å²) in [6.45, 7) is 4.51. The molecule has 1 unspecified atom stereocenters. The number of unbranched alkanes of at least 4 members (excludes halogenated alkanes) is 3. The molecule has 17 heavy (non-hydrogen) atoms. The molecule has 0 aromatic rings. The predicted octanol–water partition coefficient (Wildman–Crippen LogP) is 4.29. The highest BCUT2D eigenvalue weighted by Gasteiger charge is 2.09. The number of amides is 1. The molecule has 0 spiro atoms. The average molecular weight is 241 g/mol. The molecule has 0 aliphatic rings. The van der Waals surface area contributed by atoms with Crippen LogP contribution >= 0.6 is 0 Å². The second-order valence-corrected chi connectivity index (χ2v) is 5.07. The third-order valence-electron chi connectivity index (χ3n) is 3.48. The summed E-state index contributed by atoms with van der Waals surface area (Å²) in [5.41, 5.74) is 0. The van der Waals surface area contributed by atoms with Crippen molar-refractivity contribution in [1.82, 2.24) is 5.32 Å². The van der Waals surface area contributed by atoms with Gasteiger partial charge >= 0.3 is 0 Å². The molecule has 1 atom stereocenters.